The summed E-state index contributed by atoms with van der Waals surface area (Å²) in [4.78, 5) is 5.88. The van der Waals surface area contributed by atoms with Crippen LogP contribution in [0.25, 0.3) is 0 Å². The van der Waals surface area contributed by atoms with Crippen molar-refractivity contribution in [3.63, 3.8) is 0 Å². The lowest BCUT2D eigenvalue weighted by Crippen LogP contribution is -2.58. The van der Waals surface area contributed by atoms with Gasteiger partial charge in [-0.1, -0.05) is 0 Å². The van der Waals surface area contributed by atoms with Gasteiger partial charge in [-0.2, -0.15) is 17.2 Å². The second kappa shape index (κ2) is 8.87. The summed E-state index contributed by atoms with van der Waals surface area (Å²) in [5.41, 5.74) is 3.31. The number of nitrogens with one attached hydrogen (secondary N) is 5. The van der Waals surface area contributed by atoms with Gasteiger partial charge in [-0.15, -0.1) is 0 Å². The van der Waals surface area contributed by atoms with Gasteiger partial charge < -0.3 is 5.32 Å². The van der Waals surface area contributed by atoms with Crippen LogP contribution < -0.4 is 26.7 Å². The highest BCUT2D eigenvalue weighted by atomic mass is 32.2. The first-order chi connectivity index (χ1) is 12.3. The molecule has 0 radical (unpaired) electrons. The largest absolute Gasteiger partial charge is 0.313 e. The fourth-order valence-corrected chi connectivity index (χ4v) is 6.13. The van der Waals surface area contributed by atoms with E-state index in [1.54, 1.807) is 0 Å². The Morgan fingerprint density at radius 2 is 1.96 bits per heavy atom. The van der Waals surface area contributed by atoms with E-state index in [0.29, 0.717) is 30.2 Å². The van der Waals surface area contributed by atoms with Gasteiger partial charge in [-0.25, -0.2) is 0 Å². The predicted molar refractivity (Wildman–Crippen MR) is 103 cm³/mol. The van der Waals surface area contributed by atoms with E-state index in [1.165, 1.54) is 43.6 Å². The van der Waals surface area contributed by atoms with Gasteiger partial charge in [0.2, 0.25) is 0 Å². The Bertz CT molecular complexity index is 408. The molecule has 0 bridgehead atoms. The fraction of sp³-hybridized carbons (Fsp3) is 1.00. The van der Waals surface area contributed by atoms with E-state index in [9.17, 15) is 0 Å². The molecule has 4 fully saturated rings. The molecular weight excluding hydrogens is 334 g/mol. The molecule has 5 atom stereocenters. The Morgan fingerprint density at radius 1 is 1.08 bits per heavy atom. The van der Waals surface area contributed by atoms with Crippen LogP contribution in [0.3, 0.4) is 0 Å². The molecule has 6 nitrogen and oxygen atoms in total. The molecule has 1 aliphatic carbocycles. The summed E-state index contributed by atoms with van der Waals surface area (Å²) in [7, 11) is 0. The average Bonchev–Trinajstić information content (AvgIpc) is 3.34. The molecule has 4 rings (SSSR count). The molecule has 0 spiro atoms. The van der Waals surface area contributed by atoms with Crippen molar-refractivity contribution < 1.29 is 4.84 Å². The monoisotopic (exact) mass is 369 g/mol. The van der Waals surface area contributed by atoms with Crippen LogP contribution in [-0.2, 0) is 4.84 Å². The van der Waals surface area contributed by atoms with E-state index >= 15 is 0 Å². The van der Waals surface area contributed by atoms with E-state index in [0.717, 1.165) is 25.6 Å². The van der Waals surface area contributed by atoms with Crippen LogP contribution in [0.4, 0.5) is 0 Å². The number of piperazine rings is 1. The van der Waals surface area contributed by atoms with Gasteiger partial charge in [0, 0.05) is 31.6 Å². The van der Waals surface area contributed by atoms with Crippen LogP contribution in [0, 0.1) is 17.8 Å². The third-order valence-corrected chi connectivity index (χ3v) is 7.75. The van der Waals surface area contributed by atoms with Gasteiger partial charge in [0.1, 0.15) is 6.23 Å². The third-order valence-electron chi connectivity index (χ3n) is 6.56. The maximum atomic E-state index is 5.88. The lowest BCUT2D eigenvalue weighted by molar-refractivity contribution is -0.00902. The molecule has 0 aromatic carbocycles. The minimum Gasteiger partial charge on any atom is -0.313 e. The predicted octanol–water partition coefficient (Wildman–Crippen LogP) is 0.820. The lowest BCUT2D eigenvalue weighted by atomic mass is 9.77. The first kappa shape index (κ1) is 18.5. The summed E-state index contributed by atoms with van der Waals surface area (Å²) in [6.07, 6.45) is 7.54. The Hall–Kier alpha value is 0.110. The molecule has 7 heteroatoms. The minimum atomic E-state index is 0.225. The van der Waals surface area contributed by atoms with Crippen LogP contribution >= 0.6 is 11.8 Å². The highest BCUT2D eigenvalue weighted by Crippen LogP contribution is 2.35. The van der Waals surface area contributed by atoms with E-state index in [2.05, 4.69) is 45.4 Å². The second-order valence-corrected chi connectivity index (χ2v) is 9.42. The Kier molecular flexibility index (Phi) is 6.55. The van der Waals surface area contributed by atoms with Crippen molar-refractivity contribution in [3.05, 3.63) is 0 Å². The molecule has 5 N–H and O–H groups in total. The zero-order valence-electron chi connectivity index (χ0n) is 15.4. The van der Waals surface area contributed by atoms with E-state index < -0.39 is 0 Å². The lowest BCUT2D eigenvalue weighted by Gasteiger charge is -2.37. The molecular formula is C18H35N5OS. The topological polar surface area (TPSA) is 69.4 Å². The van der Waals surface area contributed by atoms with Gasteiger partial charge in [-0.3, -0.25) is 20.8 Å². The van der Waals surface area contributed by atoms with Crippen molar-refractivity contribution in [1.82, 2.24) is 26.7 Å². The molecule has 0 aromatic rings. The number of hydrogen-bond donors (Lipinski definition) is 5. The summed E-state index contributed by atoms with van der Waals surface area (Å²) < 4.78 is 0. The smallest absolute Gasteiger partial charge is 0.134 e. The molecule has 144 valence electrons. The molecule has 3 aliphatic heterocycles. The van der Waals surface area contributed by atoms with E-state index in [4.69, 9.17) is 4.84 Å². The maximum Gasteiger partial charge on any atom is 0.134 e. The van der Waals surface area contributed by atoms with Gasteiger partial charge in [0.25, 0.3) is 0 Å². The molecule has 4 aliphatic rings. The number of rotatable bonds is 5. The first-order valence-electron chi connectivity index (χ1n) is 10.2. The summed E-state index contributed by atoms with van der Waals surface area (Å²) in [5.74, 6) is 4.71. The Labute approximate surface area is 156 Å². The Morgan fingerprint density at radius 3 is 2.68 bits per heavy atom. The number of hydroxylamine groups is 1. The number of hydrogen-bond acceptors (Lipinski definition) is 7. The maximum absolute atomic E-state index is 5.88. The molecule has 25 heavy (non-hydrogen) atoms. The van der Waals surface area contributed by atoms with Crippen molar-refractivity contribution >= 4 is 11.8 Å². The van der Waals surface area contributed by atoms with Crippen molar-refractivity contribution in [2.75, 3.05) is 31.1 Å². The summed E-state index contributed by atoms with van der Waals surface area (Å²) in [6.45, 7) is 5.55. The minimum absolute atomic E-state index is 0.225. The zero-order chi connectivity index (χ0) is 17.1. The van der Waals surface area contributed by atoms with Crippen molar-refractivity contribution in [2.45, 2.75) is 63.6 Å². The molecule has 3 heterocycles. The van der Waals surface area contributed by atoms with Gasteiger partial charge >= 0.3 is 0 Å². The zero-order valence-corrected chi connectivity index (χ0v) is 16.2. The van der Waals surface area contributed by atoms with Crippen LogP contribution in [0.1, 0.15) is 39.0 Å². The molecule has 4 unspecified atom stereocenters. The fourth-order valence-electron chi connectivity index (χ4n) is 4.85. The first-order valence-corrected chi connectivity index (χ1v) is 11.4. The quantitative estimate of drug-likeness (QED) is 0.492. The Balaban J connectivity index is 1.19. The molecule has 0 aromatic heterocycles. The average molecular weight is 370 g/mol. The SMILES string of the molecule is C[C@@H](NC1CNCCN1)C1CCC(C2NOC(C3CCSC3)N2)CC1. The standard InChI is InChI=1S/C18H35N5OS/c1-12(21-16-10-19-7-8-20-16)13-2-4-14(5-3-13)17-22-18(24-23-17)15-6-9-25-11-15/h12-23H,2-11H2,1H3/t12-,13?,14?,15?,16?,17?,18?/m1/s1. The highest BCUT2D eigenvalue weighted by molar-refractivity contribution is 7.99. The van der Waals surface area contributed by atoms with Crippen LogP contribution in [0.5, 0.6) is 0 Å². The third kappa shape index (κ3) is 4.69. The molecule has 1 saturated carbocycles. The highest BCUT2D eigenvalue weighted by Gasteiger charge is 2.38. The van der Waals surface area contributed by atoms with Crippen molar-refractivity contribution in [2.24, 2.45) is 17.8 Å². The van der Waals surface area contributed by atoms with Gasteiger partial charge in [0.15, 0.2) is 0 Å². The molecule has 0 amide bonds. The second-order valence-electron chi connectivity index (χ2n) is 8.27. The summed E-state index contributed by atoms with van der Waals surface area (Å²) in [5, 5.41) is 14.5. The van der Waals surface area contributed by atoms with Crippen molar-refractivity contribution in [3.8, 4) is 0 Å². The summed E-state index contributed by atoms with van der Waals surface area (Å²) in [6, 6.07) is 0.586. The van der Waals surface area contributed by atoms with Crippen LogP contribution in [0.2, 0.25) is 0 Å². The van der Waals surface area contributed by atoms with Crippen molar-refractivity contribution in [1.29, 1.82) is 0 Å². The van der Waals surface area contributed by atoms with Crippen LogP contribution in [-0.4, -0.2) is 55.7 Å². The van der Waals surface area contributed by atoms with Gasteiger partial charge in [0.05, 0.1) is 12.3 Å². The molecule has 3 saturated heterocycles. The number of thioether (sulfide) groups is 1. The van der Waals surface area contributed by atoms with E-state index in [1.807, 2.05) is 0 Å². The van der Waals surface area contributed by atoms with Crippen LogP contribution in [0.15, 0.2) is 0 Å². The normalized spacial score (nSPS) is 44.0. The van der Waals surface area contributed by atoms with E-state index in [-0.39, 0.29) is 6.23 Å². The van der Waals surface area contributed by atoms with Gasteiger partial charge in [-0.05, 0) is 62.4 Å². The summed E-state index contributed by atoms with van der Waals surface area (Å²) >= 11 is 2.06.